The fraction of sp³-hybridized carbons (Fsp3) is 0.400. The lowest BCUT2D eigenvalue weighted by molar-refractivity contribution is -0.140. The first-order valence-electron chi connectivity index (χ1n) is 5.17. The first-order chi connectivity index (χ1) is 8.12. The topological polar surface area (TPSA) is 104 Å². The molecule has 0 saturated heterocycles. The van der Waals surface area contributed by atoms with E-state index in [1.165, 1.54) is 6.33 Å². The maximum absolute atomic E-state index is 11.4. The number of nitrogens with zero attached hydrogens (tertiary/aromatic N) is 2. The second kappa shape index (κ2) is 4.36. The molecular formula is C10H12N4O3. The van der Waals surface area contributed by atoms with Gasteiger partial charge >= 0.3 is 12.0 Å². The summed E-state index contributed by atoms with van der Waals surface area (Å²) >= 11 is 0. The lowest BCUT2D eigenvalue weighted by Gasteiger charge is -2.12. The average molecular weight is 236 g/mol. The van der Waals surface area contributed by atoms with Gasteiger partial charge in [0.05, 0.1) is 12.2 Å². The first kappa shape index (κ1) is 11.3. The molecule has 1 aliphatic carbocycles. The number of carbonyl (C=O) groups excluding carboxylic acids is 1. The molecule has 1 aromatic rings. The van der Waals surface area contributed by atoms with Crippen LogP contribution in [0.3, 0.4) is 0 Å². The number of hydrogen-bond donors (Lipinski definition) is 3. The molecule has 7 heteroatoms. The lowest BCUT2D eigenvalue weighted by Crippen LogP contribution is -2.47. The van der Waals surface area contributed by atoms with Crippen LogP contribution in [0.15, 0.2) is 18.6 Å². The molecule has 90 valence electrons. The molecule has 3 N–H and O–H groups in total. The molecular weight excluding hydrogens is 224 g/mol. The Kier molecular flexibility index (Phi) is 2.90. The van der Waals surface area contributed by atoms with Crippen LogP contribution in [0.25, 0.3) is 0 Å². The number of hydrogen-bond acceptors (Lipinski definition) is 4. The Morgan fingerprint density at radius 1 is 1.47 bits per heavy atom. The van der Waals surface area contributed by atoms with Crippen LogP contribution in [0.2, 0.25) is 0 Å². The highest BCUT2D eigenvalue weighted by molar-refractivity contribution is 5.88. The van der Waals surface area contributed by atoms with Crippen molar-refractivity contribution in [2.45, 2.75) is 24.9 Å². The summed E-state index contributed by atoms with van der Waals surface area (Å²) in [7, 11) is 0. The normalized spacial score (nSPS) is 16.0. The van der Waals surface area contributed by atoms with Crippen LogP contribution in [0.1, 0.15) is 18.5 Å². The van der Waals surface area contributed by atoms with Crippen LogP contribution in [-0.2, 0) is 11.3 Å². The standard InChI is InChI=1S/C10H12N4O3/c15-8(16)10(2-3-10)14-9(17)12-5-7-1-4-11-6-13-7/h1,4,6H,2-3,5H2,(H,15,16)(H2,12,14,17). The van der Waals surface area contributed by atoms with Crippen molar-refractivity contribution < 1.29 is 14.7 Å². The van der Waals surface area contributed by atoms with Crippen molar-refractivity contribution in [3.8, 4) is 0 Å². The SMILES string of the molecule is O=C(NCc1ccncn1)NC1(C(=O)O)CC1. The van der Waals surface area contributed by atoms with Gasteiger partial charge in [-0.3, -0.25) is 0 Å². The molecule has 1 heterocycles. The van der Waals surface area contributed by atoms with Gasteiger partial charge in [-0.05, 0) is 18.9 Å². The van der Waals surface area contributed by atoms with Crippen molar-refractivity contribution >= 4 is 12.0 Å². The molecule has 0 radical (unpaired) electrons. The predicted molar refractivity (Wildman–Crippen MR) is 57.0 cm³/mol. The highest BCUT2D eigenvalue weighted by Crippen LogP contribution is 2.35. The summed E-state index contributed by atoms with van der Waals surface area (Å²) in [5, 5.41) is 13.9. The molecule has 1 aliphatic rings. The number of urea groups is 1. The zero-order valence-electron chi connectivity index (χ0n) is 9.01. The van der Waals surface area contributed by atoms with E-state index in [1.54, 1.807) is 12.3 Å². The van der Waals surface area contributed by atoms with Crippen LogP contribution in [0, 0.1) is 0 Å². The third-order valence-corrected chi connectivity index (χ3v) is 2.59. The van der Waals surface area contributed by atoms with Gasteiger partial charge in [0.1, 0.15) is 11.9 Å². The summed E-state index contributed by atoms with van der Waals surface area (Å²) in [6.07, 6.45) is 3.91. The summed E-state index contributed by atoms with van der Waals surface area (Å²) in [5.74, 6) is -0.991. The highest BCUT2D eigenvalue weighted by atomic mass is 16.4. The minimum atomic E-state index is -1.06. The fourth-order valence-corrected chi connectivity index (χ4v) is 1.37. The number of rotatable bonds is 4. The number of carbonyl (C=O) groups is 2. The van der Waals surface area contributed by atoms with E-state index in [2.05, 4.69) is 20.6 Å². The van der Waals surface area contributed by atoms with E-state index in [9.17, 15) is 9.59 Å². The van der Waals surface area contributed by atoms with E-state index in [4.69, 9.17) is 5.11 Å². The molecule has 17 heavy (non-hydrogen) atoms. The average Bonchev–Trinajstić information content (AvgIpc) is 3.09. The van der Waals surface area contributed by atoms with Gasteiger partial charge in [-0.2, -0.15) is 0 Å². The zero-order chi connectivity index (χ0) is 12.3. The molecule has 0 aliphatic heterocycles. The Labute approximate surface area is 97.3 Å². The first-order valence-corrected chi connectivity index (χ1v) is 5.17. The van der Waals surface area contributed by atoms with Gasteiger partial charge in [0.15, 0.2) is 0 Å². The Hall–Kier alpha value is -2.18. The van der Waals surface area contributed by atoms with Gasteiger partial charge in [-0.15, -0.1) is 0 Å². The molecule has 2 rings (SSSR count). The van der Waals surface area contributed by atoms with Crippen molar-refractivity contribution in [2.75, 3.05) is 0 Å². The second-order valence-electron chi connectivity index (χ2n) is 3.90. The minimum absolute atomic E-state index is 0.240. The number of amides is 2. The number of nitrogens with one attached hydrogen (secondary N) is 2. The molecule has 0 bridgehead atoms. The van der Waals surface area contributed by atoms with E-state index in [0.717, 1.165) is 0 Å². The maximum atomic E-state index is 11.4. The third-order valence-electron chi connectivity index (χ3n) is 2.59. The van der Waals surface area contributed by atoms with Crippen LogP contribution in [0.4, 0.5) is 4.79 Å². The maximum Gasteiger partial charge on any atom is 0.329 e. The van der Waals surface area contributed by atoms with Gasteiger partial charge in [0.2, 0.25) is 0 Å². The summed E-state index contributed by atoms with van der Waals surface area (Å²) in [4.78, 5) is 30.0. The summed E-state index contributed by atoms with van der Waals surface area (Å²) in [5.41, 5.74) is -0.397. The molecule has 1 saturated carbocycles. The monoisotopic (exact) mass is 236 g/mol. The minimum Gasteiger partial charge on any atom is -0.480 e. The lowest BCUT2D eigenvalue weighted by atomic mass is 10.3. The molecule has 0 atom stereocenters. The molecule has 0 aromatic carbocycles. The third kappa shape index (κ3) is 2.68. The van der Waals surface area contributed by atoms with Crippen molar-refractivity contribution in [1.82, 2.24) is 20.6 Å². The van der Waals surface area contributed by atoms with E-state index >= 15 is 0 Å². The van der Waals surface area contributed by atoms with Crippen LogP contribution < -0.4 is 10.6 Å². The van der Waals surface area contributed by atoms with Crippen LogP contribution in [0.5, 0.6) is 0 Å². The summed E-state index contributed by atoms with van der Waals surface area (Å²) in [6, 6.07) is 1.17. The van der Waals surface area contributed by atoms with Gasteiger partial charge in [0.25, 0.3) is 0 Å². The largest absolute Gasteiger partial charge is 0.480 e. The molecule has 1 fully saturated rings. The summed E-state index contributed by atoms with van der Waals surface area (Å²) < 4.78 is 0. The van der Waals surface area contributed by atoms with Crippen LogP contribution >= 0.6 is 0 Å². The van der Waals surface area contributed by atoms with Gasteiger partial charge < -0.3 is 15.7 Å². The molecule has 1 aromatic heterocycles. The quantitative estimate of drug-likeness (QED) is 0.676. The Morgan fingerprint density at radius 3 is 2.76 bits per heavy atom. The van der Waals surface area contributed by atoms with Crippen molar-refractivity contribution in [3.63, 3.8) is 0 Å². The Bertz CT molecular complexity index is 430. The molecule has 7 nitrogen and oxygen atoms in total. The van der Waals surface area contributed by atoms with Gasteiger partial charge in [0, 0.05) is 6.20 Å². The van der Waals surface area contributed by atoms with E-state index in [0.29, 0.717) is 18.5 Å². The van der Waals surface area contributed by atoms with Crippen molar-refractivity contribution in [1.29, 1.82) is 0 Å². The smallest absolute Gasteiger partial charge is 0.329 e. The predicted octanol–water partition coefficient (Wildman–Crippen LogP) is -0.107. The van der Waals surface area contributed by atoms with Crippen molar-refractivity contribution in [2.24, 2.45) is 0 Å². The Morgan fingerprint density at radius 2 is 2.24 bits per heavy atom. The van der Waals surface area contributed by atoms with Crippen molar-refractivity contribution in [3.05, 3.63) is 24.3 Å². The van der Waals surface area contributed by atoms with E-state index < -0.39 is 17.5 Å². The summed E-state index contributed by atoms with van der Waals surface area (Å²) in [6.45, 7) is 0.240. The number of aliphatic carboxylic acids is 1. The number of aromatic nitrogens is 2. The highest BCUT2D eigenvalue weighted by Gasteiger charge is 2.51. The fourth-order valence-electron chi connectivity index (χ4n) is 1.37. The zero-order valence-corrected chi connectivity index (χ0v) is 9.01. The van der Waals surface area contributed by atoms with E-state index in [1.807, 2.05) is 0 Å². The second-order valence-corrected chi connectivity index (χ2v) is 3.90. The van der Waals surface area contributed by atoms with Gasteiger partial charge in [-0.1, -0.05) is 0 Å². The molecule has 0 spiro atoms. The molecule has 2 amide bonds. The molecule has 0 unspecified atom stereocenters. The number of carboxylic acids is 1. The van der Waals surface area contributed by atoms with Crippen LogP contribution in [-0.4, -0.2) is 32.6 Å². The van der Waals surface area contributed by atoms with Gasteiger partial charge in [-0.25, -0.2) is 19.6 Å². The number of carboxylic acid groups (broad SMARTS) is 1. The van der Waals surface area contributed by atoms with E-state index in [-0.39, 0.29) is 6.54 Å². The Balaban J connectivity index is 1.81.